The van der Waals surface area contributed by atoms with Crippen LogP contribution in [0.25, 0.3) is 0 Å². The fraction of sp³-hybridized carbons (Fsp3) is 0.417. The summed E-state index contributed by atoms with van der Waals surface area (Å²) in [5.74, 6) is -0.577. The number of rotatable bonds is 9. The number of aryl methyl sites for hydroxylation is 1. The summed E-state index contributed by atoms with van der Waals surface area (Å²) in [6.07, 6.45) is -0.723. The number of hydrogen-bond acceptors (Lipinski definition) is 5. The molecule has 0 aliphatic carbocycles. The zero-order valence-corrected chi connectivity index (χ0v) is 18.3. The first-order valence-electron chi connectivity index (χ1n) is 10.3. The molecule has 0 aliphatic rings. The van der Waals surface area contributed by atoms with Gasteiger partial charge in [0.25, 0.3) is 0 Å². The highest BCUT2D eigenvalue weighted by Gasteiger charge is 2.41. The minimum Gasteiger partial charge on any atom is -0.508 e. The van der Waals surface area contributed by atoms with Gasteiger partial charge >= 0.3 is 6.09 Å². The van der Waals surface area contributed by atoms with E-state index in [0.717, 1.165) is 11.1 Å². The van der Waals surface area contributed by atoms with Crippen molar-refractivity contribution in [3.63, 3.8) is 0 Å². The lowest BCUT2D eigenvalue weighted by Crippen LogP contribution is -2.61. The van der Waals surface area contributed by atoms with Crippen molar-refractivity contribution in [2.45, 2.75) is 63.7 Å². The van der Waals surface area contributed by atoms with E-state index < -0.39 is 29.2 Å². The second-order valence-electron chi connectivity index (χ2n) is 8.80. The summed E-state index contributed by atoms with van der Waals surface area (Å²) in [5, 5.41) is 22.8. The Bertz CT molecular complexity index is 862. The van der Waals surface area contributed by atoms with Gasteiger partial charge in [-0.15, -0.1) is 0 Å². The van der Waals surface area contributed by atoms with Gasteiger partial charge in [0.15, 0.2) is 0 Å². The highest BCUT2D eigenvalue weighted by Crippen LogP contribution is 2.23. The molecule has 7 nitrogen and oxygen atoms in total. The number of benzene rings is 2. The number of carbonyl (C=O) groups is 2. The molecule has 2 aromatic rings. The number of alkyl carbamates (subject to hydrolysis) is 1. The SMILES string of the molecule is CC(C)(C)OC(=O)N[C@@](Cc1ccccc1)(C[C@@H](O)CCc1ccc(O)cc1)C(N)=O. The van der Waals surface area contributed by atoms with Crippen molar-refractivity contribution in [1.82, 2.24) is 5.32 Å². The molecule has 2 amide bonds. The lowest BCUT2D eigenvalue weighted by Gasteiger charge is -2.34. The molecule has 0 radical (unpaired) electrons. The van der Waals surface area contributed by atoms with Crippen LogP contribution in [0.4, 0.5) is 4.79 Å². The van der Waals surface area contributed by atoms with Gasteiger partial charge in [-0.1, -0.05) is 42.5 Å². The van der Waals surface area contributed by atoms with Crippen LogP contribution in [0, 0.1) is 0 Å². The van der Waals surface area contributed by atoms with E-state index in [0.29, 0.717) is 12.8 Å². The Morgan fingerprint density at radius 3 is 2.19 bits per heavy atom. The maximum Gasteiger partial charge on any atom is 0.408 e. The Morgan fingerprint density at radius 1 is 1.03 bits per heavy atom. The van der Waals surface area contributed by atoms with Gasteiger partial charge in [-0.2, -0.15) is 0 Å². The van der Waals surface area contributed by atoms with Crippen LogP contribution in [0.15, 0.2) is 54.6 Å². The topological polar surface area (TPSA) is 122 Å². The van der Waals surface area contributed by atoms with Gasteiger partial charge < -0.3 is 26.0 Å². The summed E-state index contributed by atoms with van der Waals surface area (Å²) >= 11 is 0. The van der Waals surface area contributed by atoms with E-state index in [1.807, 2.05) is 30.3 Å². The van der Waals surface area contributed by atoms with Gasteiger partial charge in [-0.25, -0.2) is 4.79 Å². The van der Waals surface area contributed by atoms with Gasteiger partial charge in [0, 0.05) is 12.8 Å². The van der Waals surface area contributed by atoms with Crippen LogP contribution in [-0.2, 0) is 22.4 Å². The van der Waals surface area contributed by atoms with Crippen molar-refractivity contribution < 1.29 is 24.5 Å². The van der Waals surface area contributed by atoms with E-state index in [1.165, 1.54) is 0 Å². The summed E-state index contributed by atoms with van der Waals surface area (Å²) < 4.78 is 5.34. The smallest absolute Gasteiger partial charge is 0.408 e. The summed E-state index contributed by atoms with van der Waals surface area (Å²) in [6.45, 7) is 5.17. The summed E-state index contributed by atoms with van der Waals surface area (Å²) in [5.41, 5.74) is 5.22. The van der Waals surface area contributed by atoms with Crippen LogP contribution < -0.4 is 11.1 Å². The van der Waals surface area contributed by atoms with Crippen molar-refractivity contribution in [2.24, 2.45) is 5.73 Å². The molecular formula is C24H32N2O5. The average molecular weight is 429 g/mol. The second-order valence-corrected chi connectivity index (χ2v) is 8.80. The molecule has 0 spiro atoms. The third-order valence-electron chi connectivity index (χ3n) is 4.85. The van der Waals surface area contributed by atoms with E-state index in [4.69, 9.17) is 10.5 Å². The van der Waals surface area contributed by atoms with Gasteiger partial charge in [0.1, 0.15) is 16.9 Å². The quantitative estimate of drug-likeness (QED) is 0.489. The predicted molar refractivity (Wildman–Crippen MR) is 118 cm³/mol. The fourth-order valence-electron chi connectivity index (χ4n) is 3.36. The van der Waals surface area contributed by atoms with Crippen LogP contribution >= 0.6 is 0 Å². The number of nitrogens with one attached hydrogen (secondary N) is 1. The fourth-order valence-corrected chi connectivity index (χ4v) is 3.36. The number of primary amides is 1. The summed E-state index contributed by atoms with van der Waals surface area (Å²) in [7, 11) is 0. The molecule has 0 aliphatic heterocycles. The number of hydrogen-bond donors (Lipinski definition) is 4. The van der Waals surface area contributed by atoms with Crippen molar-refractivity contribution in [3.05, 3.63) is 65.7 Å². The Kier molecular flexibility index (Phi) is 8.05. The first-order valence-corrected chi connectivity index (χ1v) is 10.3. The molecule has 2 rings (SSSR count). The van der Waals surface area contributed by atoms with Crippen LogP contribution in [0.1, 0.15) is 44.7 Å². The van der Waals surface area contributed by atoms with Crippen LogP contribution in [0.5, 0.6) is 5.75 Å². The zero-order chi connectivity index (χ0) is 23.1. The molecule has 0 unspecified atom stereocenters. The number of phenols is 1. The van der Waals surface area contributed by atoms with E-state index in [9.17, 15) is 19.8 Å². The molecule has 0 heterocycles. The van der Waals surface area contributed by atoms with E-state index in [-0.39, 0.29) is 18.6 Å². The molecule has 5 N–H and O–H groups in total. The number of amides is 2. The predicted octanol–water partition coefficient (Wildman–Crippen LogP) is 3.07. The van der Waals surface area contributed by atoms with Crippen molar-refractivity contribution in [1.29, 1.82) is 0 Å². The van der Waals surface area contributed by atoms with Crippen LogP contribution in [0.3, 0.4) is 0 Å². The van der Waals surface area contributed by atoms with Crippen molar-refractivity contribution >= 4 is 12.0 Å². The summed E-state index contributed by atoms with van der Waals surface area (Å²) in [6, 6.07) is 15.9. The molecule has 0 saturated heterocycles. The van der Waals surface area contributed by atoms with E-state index in [1.54, 1.807) is 45.0 Å². The number of aliphatic hydroxyl groups excluding tert-OH is 1. The number of carbonyl (C=O) groups excluding carboxylic acids is 2. The summed E-state index contributed by atoms with van der Waals surface area (Å²) in [4.78, 5) is 25.1. The largest absolute Gasteiger partial charge is 0.508 e. The highest BCUT2D eigenvalue weighted by atomic mass is 16.6. The van der Waals surface area contributed by atoms with Crippen molar-refractivity contribution in [2.75, 3.05) is 0 Å². The Labute approximate surface area is 183 Å². The number of phenolic OH excluding ortho intramolecular Hbond substituents is 1. The second kappa shape index (κ2) is 10.3. The Hall–Kier alpha value is -3.06. The average Bonchev–Trinajstić information content (AvgIpc) is 2.66. The molecule has 168 valence electrons. The lowest BCUT2D eigenvalue weighted by atomic mass is 9.83. The van der Waals surface area contributed by atoms with Gasteiger partial charge in [-0.3, -0.25) is 4.79 Å². The maximum atomic E-state index is 12.6. The third-order valence-corrected chi connectivity index (χ3v) is 4.85. The number of ether oxygens (including phenoxy) is 1. The monoisotopic (exact) mass is 428 g/mol. The Morgan fingerprint density at radius 2 is 1.65 bits per heavy atom. The standard InChI is InChI=1S/C24H32N2O5/c1-23(2,3)31-22(30)26-24(21(25)29,15-18-7-5-4-6-8-18)16-20(28)14-11-17-9-12-19(27)13-10-17/h4-10,12-13,20,27-28H,11,14-16H2,1-3H3,(H2,25,29)(H,26,30)/t20-,24-/m0/s1. The van der Waals surface area contributed by atoms with Gasteiger partial charge in [-0.05, 0) is 56.9 Å². The number of aliphatic hydroxyl groups is 1. The first-order chi connectivity index (χ1) is 14.5. The molecule has 7 heteroatoms. The van der Waals surface area contributed by atoms with Gasteiger partial charge in [0.2, 0.25) is 5.91 Å². The first kappa shape index (κ1) is 24.2. The molecule has 0 fully saturated rings. The number of aromatic hydroxyl groups is 1. The molecule has 2 aromatic carbocycles. The molecule has 0 saturated carbocycles. The maximum absolute atomic E-state index is 12.6. The van der Waals surface area contributed by atoms with Gasteiger partial charge in [0.05, 0.1) is 6.10 Å². The molecule has 2 atom stereocenters. The molecule has 0 aromatic heterocycles. The zero-order valence-electron chi connectivity index (χ0n) is 18.3. The van der Waals surface area contributed by atoms with E-state index in [2.05, 4.69) is 5.32 Å². The highest BCUT2D eigenvalue weighted by molar-refractivity contribution is 5.89. The number of nitrogens with two attached hydrogens (primary N) is 1. The minimum atomic E-state index is -1.52. The molecular weight excluding hydrogens is 396 g/mol. The molecule has 31 heavy (non-hydrogen) atoms. The van der Waals surface area contributed by atoms with E-state index >= 15 is 0 Å². The third kappa shape index (κ3) is 7.94. The van der Waals surface area contributed by atoms with Crippen LogP contribution in [0.2, 0.25) is 0 Å². The normalized spacial score (nSPS) is 14.3. The van der Waals surface area contributed by atoms with Crippen LogP contribution in [-0.4, -0.2) is 39.5 Å². The Balaban J connectivity index is 2.20. The molecule has 0 bridgehead atoms. The van der Waals surface area contributed by atoms with Crippen molar-refractivity contribution in [3.8, 4) is 5.75 Å². The lowest BCUT2D eigenvalue weighted by molar-refractivity contribution is -0.126. The minimum absolute atomic E-state index is 0.0610.